The Morgan fingerprint density at radius 1 is 1.16 bits per heavy atom. The second-order valence-electron chi connectivity index (χ2n) is 5.46. The van der Waals surface area contributed by atoms with Gasteiger partial charge in [0.25, 0.3) is 0 Å². The number of nitrogens with two attached hydrogens (primary N) is 1. The Labute approximate surface area is 110 Å². The number of guanidine groups is 1. The summed E-state index contributed by atoms with van der Waals surface area (Å²) in [6.07, 6.45) is 3.92. The lowest BCUT2D eigenvalue weighted by Crippen LogP contribution is -2.46. The van der Waals surface area contributed by atoms with E-state index < -0.39 is 11.6 Å². The smallest absolute Gasteiger partial charge is 0.189 e. The third kappa shape index (κ3) is 3.03. The monoisotopic (exact) mass is 265 g/mol. The average molecular weight is 265 g/mol. The summed E-state index contributed by atoms with van der Waals surface area (Å²) in [5.74, 6) is -0.324. The number of rotatable bonds is 3. The van der Waals surface area contributed by atoms with Crippen LogP contribution in [0.1, 0.15) is 37.2 Å². The van der Waals surface area contributed by atoms with Crippen LogP contribution in [0.5, 0.6) is 0 Å². The van der Waals surface area contributed by atoms with E-state index in [9.17, 15) is 8.78 Å². The van der Waals surface area contributed by atoms with E-state index in [0.717, 1.165) is 37.3 Å². The van der Waals surface area contributed by atoms with Crippen molar-refractivity contribution in [3.63, 3.8) is 0 Å². The van der Waals surface area contributed by atoms with Crippen molar-refractivity contribution in [2.24, 2.45) is 10.7 Å². The van der Waals surface area contributed by atoms with Gasteiger partial charge in [0.05, 0.1) is 6.04 Å². The lowest BCUT2D eigenvalue weighted by molar-refractivity contribution is 0.322. The van der Waals surface area contributed by atoms with Crippen molar-refractivity contribution in [1.82, 2.24) is 5.32 Å². The summed E-state index contributed by atoms with van der Waals surface area (Å²) >= 11 is 0. The summed E-state index contributed by atoms with van der Waals surface area (Å²) in [6.45, 7) is 0. The Kier molecular flexibility index (Phi) is 3.12. The Balaban J connectivity index is 1.54. The molecular weight excluding hydrogens is 248 g/mol. The molecule has 0 aliphatic heterocycles. The van der Waals surface area contributed by atoms with Crippen LogP contribution < -0.4 is 11.1 Å². The van der Waals surface area contributed by atoms with Crippen molar-refractivity contribution in [3.8, 4) is 0 Å². The minimum absolute atomic E-state index is 0.205. The highest BCUT2D eigenvalue weighted by Gasteiger charge is 2.31. The van der Waals surface area contributed by atoms with Crippen molar-refractivity contribution in [2.45, 2.75) is 43.7 Å². The molecule has 1 aromatic carbocycles. The summed E-state index contributed by atoms with van der Waals surface area (Å²) in [4.78, 5) is 4.30. The highest BCUT2D eigenvalue weighted by Crippen LogP contribution is 2.37. The Bertz CT molecular complexity index is 485. The molecule has 2 aliphatic rings. The number of hydrogen-bond acceptors (Lipinski definition) is 1. The Hall–Kier alpha value is -1.65. The summed E-state index contributed by atoms with van der Waals surface area (Å²) in [7, 11) is 0. The van der Waals surface area contributed by atoms with Crippen molar-refractivity contribution in [1.29, 1.82) is 0 Å². The van der Waals surface area contributed by atoms with E-state index in [2.05, 4.69) is 10.3 Å². The normalized spacial score (nSPS) is 26.9. The first-order valence-corrected chi connectivity index (χ1v) is 6.66. The number of nitrogens with one attached hydrogen (secondary N) is 1. The number of hydrogen-bond donors (Lipinski definition) is 2. The van der Waals surface area contributed by atoms with E-state index >= 15 is 0 Å². The van der Waals surface area contributed by atoms with Crippen molar-refractivity contribution in [3.05, 3.63) is 35.4 Å². The van der Waals surface area contributed by atoms with Crippen LogP contribution in [-0.2, 0) is 0 Å². The first-order valence-electron chi connectivity index (χ1n) is 6.66. The van der Waals surface area contributed by atoms with Gasteiger partial charge in [-0.15, -0.1) is 0 Å². The van der Waals surface area contributed by atoms with Crippen LogP contribution in [0.2, 0.25) is 0 Å². The second-order valence-corrected chi connectivity index (χ2v) is 5.46. The van der Waals surface area contributed by atoms with Crippen LogP contribution >= 0.6 is 0 Å². The molecule has 0 atom stereocenters. The highest BCUT2D eigenvalue weighted by atomic mass is 19.1. The van der Waals surface area contributed by atoms with Crippen molar-refractivity contribution in [2.75, 3.05) is 0 Å². The Morgan fingerprint density at radius 3 is 2.37 bits per heavy atom. The predicted octanol–water partition coefficient (Wildman–Crippen LogP) is 2.28. The molecule has 3 rings (SSSR count). The van der Waals surface area contributed by atoms with Gasteiger partial charge in [0.15, 0.2) is 5.96 Å². The van der Waals surface area contributed by atoms with Crippen LogP contribution in [0.3, 0.4) is 0 Å². The van der Waals surface area contributed by atoms with E-state index in [0.29, 0.717) is 12.0 Å². The zero-order valence-corrected chi connectivity index (χ0v) is 10.6. The van der Waals surface area contributed by atoms with E-state index in [4.69, 9.17) is 5.73 Å². The van der Waals surface area contributed by atoms with Crippen LogP contribution in [0, 0.1) is 11.6 Å². The van der Waals surface area contributed by atoms with E-state index in [-0.39, 0.29) is 12.0 Å². The van der Waals surface area contributed by atoms with Crippen LogP contribution in [0.15, 0.2) is 23.2 Å². The molecular formula is C14H17F2N3. The molecule has 0 radical (unpaired) electrons. The first kappa shape index (κ1) is 12.4. The van der Waals surface area contributed by atoms with Gasteiger partial charge < -0.3 is 11.1 Å². The van der Waals surface area contributed by atoms with Crippen molar-refractivity contribution >= 4 is 5.96 Å². The maximum absolute atomic E-state index is 13.1. The number of nitrogens with zero attached hydrogens (tertiary/aromatic N) is 1. The zero-order valence-electron chi connectivity index (χ0n) is 10.6. The van der Waals surface area contributed by atoms with Gasteiger partial charge in [-0.2, -0.15) is 0 Å². The minimum atomic E-state index is -0.513. The maximum Gasteiger partial charge on any atom is 0.189 e. The minimum Gasteiger partial charge on any atom is -0.370 e. The van der Waals surface area contributed by atoms with E-state index in [1.165, 1.54) is 12.1 Å². The molecule has 2 fully saturated rings. The lowest BCUT2D eigenvalue weighted by Gasteiger charge is -2.36. The van der Waals surface area contributed by atoms with Gasteiger partial charge in [0, 0.05) is 12.1 Å². The lowest BCUT2D eigenvalue weighted by atomic mass is 9.76. The van der Waals surface area contributed by atoms with Gasteiger partial charge in [-0.3, -0.25) is 4.99 Å². The molecule has 3 nitrogen and oxygen atoms in total. The molecule has 0 heterocycles. The molecule has 0 bridgehead atoms. The summed E-state index contributed by atoms with van der Waals surface area (Å²) in [5.41, 5.74) is 6.51. The van der Waals surface area contributed by atoms with Gasteiger partial charge in [0.2, 0.25) is 0 Å². The Morgan fingerprint density at radius 2 is 1.79 bits per heavy atom. The van der Waals surface area contributed by atoms with E-state index in [1.807, 2.05) is 0 Å². The highest BCUT2D eigenvalue weighted by molar-refractivity contribution is 5.78. The van der Waals surface area contributed by atoms with E-state index in [1.54, 1.807) is 0 Å². The van der Waals surface area contributed by atoms with Gasteiger partial charge in [-0.05, 0) is 49.3 Å². The average Bonchev–Trinajstić information content (AvgIpc) is 3.05. The molecule has 2 saturated carbocycles. The van der Waals surface area contributed by atoms with Gasteiger partial charge >= 0.3 is 0 Å². The molecule has 102 valence electrons. The van der Waals surface area contributed by atoms with Crippen LogP contribution in [0.4, 0.5) is 8.78 Å². The quantitative estimate of drug-likeness (QED) is 0.650. The number of benzene rings is 1. The molecule has 0 saturated heterocycles. The second kappa shape index (κ2) is 4.79. The molecule has 5 heteroatoms. The third-order valence-electron chi connectivity index (χ3n) is 3.71. The molecule has 19 heavy (non-hydrogen) atoms. The maximum atomic E-state index is 13.1. The van der Waals surface area contributed by atoms with Crippen LogP contribution in [-0.4, -0.2) is 18.0 Å². The van der Waals surface area contributed by atoms with Gasteiger partial charge in [-0.25, -0.2) is 8.78 Å². The number of aliphatic imine (C=N–C) groups is 1. The summed E-state index contributed by atoms with van der Waals surface area (Å²) in [5, 5.41) is 3.16. The van der Waals surface area contributed by atoms with Crippen LogP contribution in [0.25, 0.3) is 0 Å². The largest absolute Gasteiger partial charge is 0.370 e. The molecule has 0 aromatic heterocycles. The van der Waals surface area contributed by atoms with Crippen molar-refractivity contribution < 1.29 is 8.78 Å². The fourth-order valence-corrected chi connectivity index (χ4v) is 2.47. The summed E-state index contributed by atoms with van der Waals surface area (Å²) in [6, 6.07) is 4.38. The molecule has 0 spiro atoms. The molecule has 0 amide bonds. The topological polar surface area (TPSA) is 50.4 Å². The molecule has 1 aromatic rings. The number of halogens is 2. The molecule has 3 N–H and O–H groups in total. The third-order valence-corrected chi connectivity index (χ3v) is 3.71. The first-order chi connectivity index (χ1) is 9.10. The molecule has 0 unspecified atom stereocenters. The fraction of sp³-hybridized carbons (Fsp3) is 0.500. The predicted molar refractivity (Wildman–Crippen MR) is 69.9 cm³/mol. The summed E-state index contributed by atoms with van der Waals surface area (Å²) < 4.78 is 26.2. The zero-order chi connectivity index (χ0) is 13.4. The molecule has 2 aliphatic carbocycles. The van der Waals surface area contributed by atoms with Gasteiger partial charge in [-0.1, -0.05) is 0 Å². The SMILES string of the molecule is NC(=NC1CC1)NC1CC(c2cc(F)cc(F)c2)C1. The standard InChI is InChI=1S/C14H17F2N3/c15-10-3-8(4-11(16)7-10)9-5-13(6-9)19-14(17)18-12-1-2-12/h3-4,7,9,12-13H,1-2,5-6H2,(H3,17,18,19). The van der Waals surface area contributed by atoms with Gasteiger partial charge in [0.1, 0.15) is 11.6 Å². The fourth-order valence-electron chi connectivity index (χ4n) is 2.47.